The smallest absolute Gasteiger partial charge is 0.391 e. The average molecular weight is 233 g/mol. The highest BCUT2D eigenvalue weighted by atomic mass is 19.4. The van der Waals surface area contributed by atoms with Gasteiger partial charge in [0, 0.05) is 13.1 Å². The maximum absolute atomic E-state index is 12.5. The van der Waals surface area contributed by atoms with Gasteiger partial charge in [0.1, 0.15) is 0 Å². The highest BCUT2D eigenvalue weighted by molar-refractivity contribution is 5.84. The van der Waals surface area contributed by atoms with Crippen molar-refractivity contribution in [3.63, 3.8) is 0 Å². The van der Waals surface area contributed by atoms with E-state index in [0.29, 0.717) is 4.90 Å². The molecule has 3 nitrogen and oxygen atoms in total. The zero-order valence-corrected chi connectivity index (χ0v) is 7.39. The van der Waals surface area contributed by atoms with Crippen LogP contribution in [0, 0.1) is 0 Å². The number of rotatable bonds is 1. The normalized spacial score (nSPS) is 23.3. The minimum atomic E-state index is -5.89. The van der Waals surface area contributed by atoms with Crippen molar-refractivity contribution < 1.29 is 31.9 Å². The Morgan fingerprint density at radius 1 is 1.27 bits per heavy atom. The first kappa shape index (κ1) is 12.2. The topological polar surface area (TPSA) is 40.5 Å². The lowest BCUT2D eigenvalue weighted by Crippen LogP contribution is -2.51. The molecule has 1 aliphatic heterocycles. The van der Waals surface area contributed by atoms with Gasteiger partial charge >= 0.3 is 18.0 Å². The van der Waals surface area contributed by atoms with Gasteiger partial charge in [0.2, 0.25) is 0 Å². The summed E-state index contributed by atoms with van der Waals surface area (Å²) in [7, 11) is 0. The molecule has 1 atom stereocenters. The van der Waals surface area contributed by atoms with Crippen molar-refractivity contribution >= 4 is 5.91 Å². The van der Waals surface area contributed by atoms with Gasteiger partial charge in [0.25, 0.3) is 0 Å². The number of amides is 1. The molecule has 0 bridgehead atoms. The van der Waals surface area contributed by atoms with Crippen LogP contribution in [0.25, 0.3) is 0 Å². The molecule has 0 aromatic heterocycles. The monoisotopic (exact) mass is 233 g/mol. The quantitative estimate of drug-likeness (QED) is 0.680. The Labute approximate surface area is 81.5 Å². The second-order valence-corrected chi connectivity index (χ2v) is 3.27. The predicted octanol–water partition coefficient (Wildman–Crippen LogP) is 0.777. The first-order valence-electron chi connectivity index (χ1n) is 4.08. The Morgan fingerprint density at radius 2 is 1.80 bits per heavy atom. The summed E-state index contributed by atoms with van der Waals surface area (Å²) < 4.78 is 60.3. The highest BCUT2D eigenvalue weighted by Gasteiger charge is 2.64. The molecule has 0 spiro atoms. The molecule has 0 unspecified atom stereocenters. The van der Waals surface area contributed by atoms with Gasteiger partial charge in [-0.05, 0) is 6.42 Å². The van der Waals surface area contributed by atoms with Crippen LogP contribution < -0.4 is 0 Å². The third kappa shape index (κ3) is 2.19. The van der Waals surface area contributed by atoms with Crippen LogP contribution in [-0.4, -0.2) is 47.2 Å². The first-order chi connectivity index (χ1) is 6.66. The Balaban J connectivity index is 2.76. The fourth-order valence-corrected chi connectivity index (χ4v) is 1.25. The number of carbonyl (C=O) groups excluding carboxylic acids is 1. The van der Waals surface area contributed by atoms with E-state index in [0.717, 1.165) is 0 Å². The summed E-state index contributed by atoms with van der Waals surface area (Å²) >= 11 is 0. The summed E-state index contributed by atoms with van der Waals surface area (Å²) in [6.45, 7) is -0.768. The summed E-state index contributed by atoms with van der Waals surface area (Å²) in [6.07, 6.45) is -6.91. The predicted molar refractivity (Wildman–Crippen MR) is 38.2 cm³/mol. The first-order valence-corrected chi connectivity index (χ1v) is 4.08. The fraction of sp³-hybridized carbons (Fsp3) is 0.857. The third-order valence-corrected chi connectivity index (χ3v) is 2.08. The maximum Gasteiger partial charge on any atom is 0.463 e. The van der Waals surface area contributed by atoms with E-state index in [1.54, 1.807) is 0 Å². The molecule has 15 heavy (non-hydrogen) atoms. The van der Waals surface area contributed by atoms with Gasteiger partial charge in [0.05, 0.1) is 6.10 Å². The molecule has 0 saturated carbocycles. The van der Waals surface area contributed by atoms with Crippen molar-refractivity contribution in [3.8, 4) is 0 Å². The van der Waals surface area contributed by atoms with Crippen LogP contribution in [-0.2, 0) is 4.79 Å². The molecule has 0 aliphatic carbocycles. The Kier molecular flexibility index (Phi) is 2.90. The van der Waals surface area contributed by atoms with Crippen molar-refractivity contribution in [3.05, 3.63) is 0 Å². The van der Waals surface area contributed by atoms with Crippen molar-refractivity contribution in [2.24, 2.45) is 0 Å². The SMILES string of the molecule is O=C(N1CC[C@@H](O)C1)C(F)(F)C(F)(F)F. The van der Waals surface area contributed by atoms with Crippen LogP contribution in [0.3, 0.4) is 0 Å². The molecule has 88 valence electrons. The van der Waals surface area contributed by atoms with Crippen LogP contribution in [0.2, 0.25) is 0 Å². The van der Waals surface area contributed by atoms with Crippen molar-refractivity contribution in [1.82, 2.24) is 4.90 Å². The lowest BCUT2D eigenvalue weighted by Gasteiger charge is -2.24. The van der Waals surface area contributed by atoms with Crippen molar-refractivity contribution in [1.29, 1.82) is 0 Å². The van der Waals surface area contributed by atoms with Gasteiger partial charge in [-0.2, -0.15) is 22.0 Å². The van der Waals surface area contributed by atoms with Crippen LogP contribution in [0.4, 0.5) is 22.0 Å². The number of hydrogen-bond donors (Lipinski definition) is 1. The average Bonchev–Trinajstić information content (AvgIpc) is 2.48. The van der Waals surface area contributed by atoms with Gasteiger partial charge in [-0.15, -0.1) is 0 Å². The maximum atomic E-state index is 12.5. The molecule has 1 amide bonds. The van der Waals surface area contributed by atoms with Gasteiger partial charge in [0.15, 0.2) is 0 Å². The lowest BCUT2D eigenvalue weighted by atomic mass is 10.3. The molecular weight excluding hydrogens is 225 g/mol. The van der Waals surface area contributed by atoms with Gasteiger partial charge < -0.3 is 10.0 Å². The molecule has 1 fully saturated rings. The molecule has 0 aromatic rings. The summed E-state index contributed by atoms with van der Waals surface area (Å²) in [5.41, 5.74) is 0. The molecule has 0 radical (unpaired) electrons. The molecular formula is C7H8F5NO2. The molecule has 8 heteroatoms. The minimum absolute atomic E-state index is 0.0136. The minimum Gasteiger partial charge on any atom is -0.391 e. The van der Waals surface area contributed by atoms with Crippen LogP contribution in [0.1, 0.15) is 6.42 Å². The zero-order chi connectivity index (χ0) is 11.9. The molecule has 1 heterocycles. The zero-order valence-electron chi connectivity index (χ0n) is 7.39. The second-order valence-electron chi connectivity index (χ2n) is 3.27. The number of nitrogens with zero attached hydrogens (tertiary/aromatic N) is 1. The number of aliphatic hydroxyl groups is 1. The number of β-amino-alcohol motifs (C(OH)–C–C–N with tert-alkyl or cyclic N) is 1. The molecule has 1 saturated heterocycles. The molecule has 1 aliphatic rings. The Hall–Kier alpha value is -0.920. The summed E-state index contributed by atoms with van der Waals surface area (Å²) in [5.74, 6) is -7.68. The number of carbonyl (C=O) groups is 1. The van der Waals surface area contributed by atoms with E-state index in [4.69, 9.17) is 5.11 Å². The van der Waals surface area contributed by atoms with E-state index in [1.807, 2.05) is 0 Å². The van der Waals surface area contributed by atoms with Gasteiger partial charge in [-0.1, -0.05) is 0 Å². The van der Waals surface area contributed by atoms with E-state index < -0.39 is 30.7 Å². The number of hydrogen-bond acceptors (Lipinski definition) is 2. The summed E-state index contributed by atoms with van der Waals surface area (Å²) in [5, 5.41) is 8.90. The van der Waals surface area contributed by atoms with E-state index in [2.05, 4.69) is 0 Å². The van der Waals surface area contributed by atoms with Crippen LogP contribution in [0.5, 0.6) is 0 Å². The van der Waals surface area contributed by atoms with E-state index in [9.17, 15) is 26.7 Å². The number of likely N-dealkylation sites (tertiary alicyclic amines) is 1. The Morgan fingerprint density at radius 3 is 2.13 bits per heavy atom. The molecule has 1 N–H and O–H groups in total. The van der Waals surface area contributed by atoms with Crippen molar-refractivity contribution in [2.75, 3.05) is 13.1 Å². The lowest BCUT2D eigenvalue weighted by molar-refractivity contribution is -0.274. The van der Waals surface area contributed by atoms with Crippen molar-refractivity contribution in [2.45, 2.75) is 24.6 Å². The van der Waals surface area contributed by atoms with Gasteiger partial charge in [-0.3, -0.25) is 4.79 Å². The van der Waals surface area contributed by atoms with Gasteiger partial charge in [-0.25, -0.2) is 0 Å². The molecule has 1 rings (SSSR count). The standard InChI is InChI=1S/C7H8F5NO2/c8-6(9,7(10,11)12)5(15)13-2-1-4(14)3-13/h4,14H,1-3H2/t4-/m1/s1. The van der Waals surface area contributed by atoms with E-state index in [1.165, 1.54) is 0 Å². The Bertz CT molecular complexity index is 265. The van der Waals surface area contributed by atoms with Crippen LogP contribution >= 0.6 is 0 Å². The third-order valence-electron chi connectivity index (χ3n) is 2.08. The number of alkyl halides is 5. The summed E-state index contributed by atoms with van der Waals surface area (Å²) in [4.78, 5) is 11.1. The number of halogens is 5. The van der Waals surface area contributed by atoms with E-state index in [-0.39, 0.29) is 13.0 Å². The molecule has 0 aromatic carbocycles. The second kappa shape index (κ2) is 3.58. The van der Waals surface area contributed by atoms with Crippen LogP contribution in [0.15, 0.2) is 0 Å². The fourth-order valence-electron chi connectivity index (χ4n) is 1.25. The largest absolute Gasteiger partial charge is 0.463 e. The highest BCUT2D eigenvalue weighted by Crippen LogP contribution is 2.37. The van der Waals surface area contributed by atoms with E-state index >= 15 is 0 Å². The number of aliphatic hydroxyl groups excluding tert-OH is 1. The summed E-state index contributed by atoms with van der Waals surface area (Å²) in [6, 6.07) is 0.